The molecular formula is C14H17Cl2NO. The molecule has 18 heavy (non-hydrogen) atoms. The Hall–Kier alpha value is -0.990. The number of carbonyl (C=O) groups excluding carboxylic acids is 1. The Labute approximate surface area is 118 Å². The zero-order valence-corrected chi connectivity index (χ0v) is 12.3. The lowest BCUT2D eigenvalue weighted by Gasteiger charge is -2.23. The second kappa shape index (κ2) is 6.26. The molecule has 0 fully saturated rings. The van der Waals surface area contributed by atoms with Crippen molar-refractivity contribution in [3.63, 3.8) is 0 Å². The van der Waals surface area contributed by atoms with Crippen LogP contribution < -0.4 is 5.32 Å². The van der Waals surface area contributed by atoms with E-state index < -0.39 is 0 Å². The van der Waals surface area contributed by atoms with Crippen LogP contribution in [0.5, 0.6) is 0 Å². The second-order valence-corrected chi connectivity index (χ2v) is 5.55. The summed E-state index contributed by atoms with van der Waals surface area (Å²) in [5.74, 6) is -0.118. The standard InChI is InChI=1S/C14H17Cl2NO/c1-4-14(2,3)17-13(18)8-6-10-5-7-11(15)12(16)9-10/h5-9H,4H2,1-3H3,(H,17,18)/b8-6+. The van der Waals surface area contributed by atoms with Crippen molar-refractivity contribution in [3.8, 4) is 0 Å². The molecule has 98 valence electrons. The quantitative estimate of drug-likeness (QED) is 0.821. The fourth-order valence-corrected chi connectivity index (χ4v) is 1.56. The first-order chi connectivity index (χ1) is 8.34. The molecule has 1 aromatic rings. The number of halogens is 2. The summed E-state index contributed by atoms with van der Waals surface area (Å²) in [6.07, 6.45) is 4.08. The Morgan fingerprint density at radius 1 is 1.33 bits per heavy atom. The molecule has 0 saturated carbocycles. The van der Waals surface area contributed by atoms with E-state index in [1.165, 1.54) is 6.08 Å². The molecule has 0 spiro atoms. The lowest BCUT2D eigenvalue weighted by atomic mass is 10.0. The molecule has 0 bridgehead atoms. The van der Waals surface area contributed by atoms with E-state index in [2.05, 4.69) is 5.32 Å². The number of benzene rings is 1. The van der Waals surface area contributed by atoms with Crippen LogP contribution in [0.15, 0.2) is 24.3 Å². The minimum absolute atomic E-state index is 0.118. The molecule has 0 aliphatic rings. The summed E-state index contributed by atoms with van der Waals surface area (Å²) in [5.41, 5.74) is 0.646. The van der Waals surface area contributed by atoms with Gasteiger partial charge in [0, 0.05) is 11.6 Å². The predicted molar refractivity (Wildman–Crippen MR) is 78.0 cm³/mol. The van der Waals surface area contributed by atoms with Crippen LogP contribution in [0.25, 0.3) is 6.08 Å². The Morgan fingerprint density at radius 2 is 2.00 bits per heavy atom. The van der Waals surface area contributed by atoms with Crippen molar-refractivity contribution in [2.75, 3.05) is 0 Å². The maximum Gasteiger partial charge on any atom is 0.244 e. The summed E-state index contributed by atoms with van der Waals surface area (Å²) in [4.78, 5) is 11.7. The van der Waals surface area contributed by atoms with Gasteiger partial charge in [-0.05, 0) is 44.0 Å². The zero-order chi connectivity index (χ0) is 13.8. The molecule has 1 amide bonds. The van der Waals surface area contributed by atoms with Gasteiger partial charge in [0.1, 0.15) is 0 Å². The van der Waals surface area contributed by atoms with Gasteiger partial charge in [0.15, 0.2) is 0 Å². The molecular weight excluding hydrogens is 269 g/mol. The van der Waals surface area contributed by atoms with Gasteiger partial charge in [-0.1, -0.05) is 36.2 Å². The highest BCUT2D eigenvalue weighted by Crippen LogP contribution is 2.23. The van der Waals surface area contributed by atoms with E-state index in [1.807, 2.05) is 26.8 Å². The molecule has 2 nitrogen and oxygen atoms in total. The van der Waals surface area contributed by atoms with Crippen molar-refractivity contribution in [2.24, 2.45) is 0 Å². The van der Waals surface area contributed by atoms with Gasteiger partial charge in [0.2, 0.25) is 5.91 Å². The molecule has 0 aliphatic carbocycles. The van der Waals surface area contributed by atoms with Gasteiger partial charge in [-0.25, -0.2) is 0 Å². The summed E-state index contributed by atoms with van der Waals surface area (Å²) in [5, 5.41) is 3.90. The Kier molecular flexibility index (Phi) is 5.24. The Bertz CT molecular complexity index is 467. The van der Waals surface area contributed by atoms with Crippen molar-refractivity contribution in [1.29, 1.82) is 0 Å². The average molecular weight is 286 g/mol. The maximum atomic E-state index is 11.7. The number of rotatable bonds is 4. The first kappa shape index (κ1) is 15.1. The van der Waals surface area contributed by atoms with Gasteiger partial charge < -0.3 is 5.32 Å². The average Bonchev–Trinajstić information content (AvgIpc) is 2.30. The van der Waals surface area contributed by atoms with Crippen LogP contribution in [0.2, 0.25) is 10.0 Å². The molecule has 1 rings (SSSR count). The molecule has 0 unspecified atom stereocenters. The fourth-order valence-electron chi connectivity index (χ4n) is 1.25. The summed E-state index contributed by atoms with van der Waals surface area (Å²) in [7, 11) is 0. The van der Waals surface area contributed by atoms with Gasteiger partial charge in [0.25, 0.3) is 0 Å². The van der Waals surface area contributed by atoms with Crippen molar-refractivity contribution >= 4 is 35.2 Å². The Balaban J connectivity index is 2.69. The largest absolute Gasteiger partial charge is 0.348 e. The van der Waals surface area contributed by atoms with Crippen molar-refractivity contribution < 1.29 is 4.79 Å². The molecule has 0 atom stereocenters. The highest BCUT2D eigenvalue weighted by Gasteiger charge is 2.15. The molecule has 1 aromatic carbocycles. The lowest BCUT2D eigenvalue weighted by molar-refractivity contribution is -0.117. The van der Waals surface area contributed by atoms with E-state index in [0.717, 1.165) is 12.0 Å². The molecule has 0 aliphatic heterocycles. The topological polar surface area (TPSA) is 29.1 Å². The molecule has 4 heteroatoms. The van der Waals surface area contributed by atoms with Gasteiger partial charge >= 0.3 is 0 Å². The van der Waals surface area contributed by atoms with Crippen LogP contribution in [0.4, 0.5) is 0 Å². The third-order valence-corrected chi connectivity index (χ3v) is 3.46. The van der Waals surface area contributed by atoms with Crippen LogP contribution in [-0.4, -0.2) is 11.4 Å². The van der Waals surface area contributed by atoms with Crippen LogP contribution >= 0.6 is 23.2 Å². The zero-order valence-electron chi connectivity index (χ0n) is 10.8. The monoisotopic (exact) mass is 285 g/mol. The summed E-state index contributed by atoms with van der Waals surface area (Å²) in [6.45, 7) is 6.00. The van der Waals surface area contributed by atoms with Crippen molar-refractivity contribution in [3.05, 3.63) is 39.9 Å². The predicted octanol–water partition coefficient (Wildman–Crippen LogP) is 4.31. The van der Waals surface area contributed by atoms with Crippen molar-refractivity contribution in [2.45, 2.75) is 32.7 Å². The molecule has 0 heterocycles. The number of amides is 1. The van der Waals surface area contributed by atoms with E-state index in [1.54, 1.807) is 18.2 Å². The van der Waals surface area contributed by atoms with Crippen molar-refractivity contribution in [1.82, 2.24) is 5.32 Å². The Morgan fingerprint density at radius 3 is 2.56 bits per heavy atom. The second-order valence-electron chi connectivity index (χ2n) is 4.73. The molecule has 0 radical (unpaired) electrons. The lowest BCUT2D eigenvalue weighted by Crippen LogP contribution is -2.41. The summed E-state index contributed by atoms with van der Waals surface area (Å²) in [6, 6.07) is 5.24. The molecule has 0 saturated heterocycles. The fraction of sp³-hybridized carbons (Fsp3) is 0.357. The SMILES string of the molecule is CCC(C)(C)NC(=O)/C=C/c1ccc(Cl)c(Cl)c1. The van der Waals surface area contributed by atoms with Gasteiger partial charge in [-0.2, -0.15) is 0 Å². The number of hydrogen-bond donors (Lipinski definition) is 1. The third kappa shape index (κ3) is 4.71. The van der Waals surface area contributed by atoms with Crippen LogP contribution in [-0.2, 0) is 4.79 Å². The number of hydrogen-bond acceptors (Lipinski definition) is 1. The van der Waals surface area contributed by atoms with E-state index in [-0.39, 0.29) is 11.4 Å². The minimum Gasteiger partial charge on any atom is -0.348 e. The summed E-state index contributed by atoms with van der Waals surface area (Å²) < 4.78 is 0. The minimum atomic E-state index is -0.195. The third-order valence-electron chi connectivity index (χ3n) is 2.72. The molecule has 0 aromatic heterocycles. The van der Waals surface area contributed by atoms with Gasteiger partial charge in [0.05, 0.1) is 10.0 Å². The van der Waals surface area contributed by atoms with E-state index in [9.17, 15) is 4.79 Å². The van der Waals surface area contributed by atoms with Gasteiger partial charge in [-0.15, -0.1) is 0 Å². The first-order valence-electron chi connectivity index (χ1n) is 5.79. The van der Waals surface area contributed by atoms with E-state index in [4.69, 9.17) is 23.2 Å². The first-order valence-corrected chi connectivity index (χ1v) is 6.55. The maximum absolute atomic E-state index is 11.7. The number of carbonyl (C=O) groups is 1. The number of nitrogens with one attached hydrogen (secondary N) is 1. The highest BCUT2D eigenvalue weighted by atomic mass is 35.5. The van der Waals surface area contributed by atoms with Crippen LogP contribution in [0.3, 0.4) is 0 Å². The normalized spacial score (nSPS) is 11.8. The summed E-state index contributed by atoms with van der Waals surface area (Å²) >= 11 is 11.7. The van der Waals surface area contributed by atoms with Crippen LogP contribution in [0.1, 0.15) is 32.8 Å². The van der Waals surface area contributed by atoms with E-state index in [0.29, 0.717) is 10.0 Å². The van der Waals surface area contributed by atoms with Gasteiger partial charge in [-0.3, -0.25) is 4.79 Å². The van der Waals surface area contributed by atoms with Crippen LogP contribution in [0, 0.1) is 0 Å². The van der Waals surface area contributed by atoms with E-state index >= 15 is 0 Å². The highest BCUT2D eigenvalue weighted by molar-refractivity contribution is 6.42. The smallest absolute Gasteiger partial charge is 0.244 e. The molecule has 1 N–H and O–H groups in total.